The summed E-state index contributed by atoms with van der Waals surface area (Å²) in [7, 11) is -4.39. The molecule has 0 amide bonds. The molecular formula is C66H122NO8P. The van der Waals surface area contributed by atoms with Gasteiger partial charge in [0.1, 0.15) is 6.61 Å². The standard InChI is InChI=1S/C66H122NO8P/c1-3-5-7-9-11-13-15-17-19-21-23-24-25-26-27-28-29-30-31-32-33-34-35-36-37-38-39-40-41-43-45-47-49-51-53-55-57-59-66(69)75-64(63-74-76(70,71)73-61-60-67)62-72-65(68)58-56-54-52-50-48-46-44-42-22-20-18-16-14-12-10-8-6-4-2/h5,7,11,13,17,19,23-24,26-27,64H,3-4,6,8-10,12,14-16,18,20-22,25,28-63,67H2,1-2H3,(H,70,71)/b7-5-,13-11-,19-17-,24-23-,27-26-. The van der Waals surface area contributed by atoms with Gasteiger partial charge in [-0.1, -0.05) is 306 Å². The topological polar surface area (TPSA) is 134 Å². The molecule has 0 heterocycles. The van der Waals surface area contributed by atoms with E-state index in [0.29, 0.717) is 6.42 Å². The Bertz CT molecular complexity index is 1430. The molecule has 9 nitrogen and oxygen atoms in total. The van der Waals surface area contributed by atoms with Gasteiger partial charge in [0.15, 0.2) is 6.10 Å². The summed E-state index contributed by atoms with van der Waals surface area (Å²) in [6.45, 7) is 3.68. The molecule has 2 unspecified atom stereocenters. The molecule has 0 rings (SSSR count). The molecule has 0 saturated heterocycles. The summed E-state index contributed by atoms with van der Waals surface area (Å²) in [5.41, 5.74) is 5.39. The molecule has 0 radical (unpaired) electrons. The first-order chi connectivity index (χ1) is 37.3. The molecule has 0 aliphatic heterocycles. The molecule has 0 saturated carbocycles. The fraction of sp³-hybridized carbons (Fsp3) is 0.818. The van der Waals surface area contributed by atoms with Gasteiger partial charge in [0.2, 0.25) is 0 Å². The minimum absolute atomic E-state index is 0.0554. The Morgan fingerprint density at radius 3 is 1.08 bits per heavy atom. The van der Waals surface area contributed by atoms with Crippen molar-refractivity contribution in [3.05, 3.63) is 60.8 Å². The third kappa shape index (κ3) is 60.9. The highest BCUT2D eigenvalue weighted by molar-refractivity contribution is 7.47. The normalized spacial score (nSPS) is 13.4. The molecule has 0 aliphatic rings. The van der Waals surface area contributed by atoms with Gasteiger partial charge in [-0.25, -0.2) is 4.57 Å². The molecule has 0 fully saturated rings. The monoisotopic (exact) mass is 1090 g/mol. The van der Waals surface area contributed by atoms with E-state index in [4.69, 9.17) is 24.3 Å². The van der Waals surface area contributed by atoms with E-state index in [1.807, 2.05) is 0 Å². The highest BCUT2D eigenvalue weighted by Crippen LogP contribution is 2.43. The number of hydrogen-bond donors (Lipinski definition) is 2. The van der Waals surface area contributed by atoms with Crippen LogP contribution in [0.3, 0.4) is 0 Å². The number of nitrogens with two attached hydrogens (primary N) is 1. The lowest BCUT2D eigenvalue weighted by Crippen LogP contribution is -2.29. The zero-order valence-electron chi connectivity index (χ0n) is 49.7. The van der Waals surface area contributed by atoms with Crippen molar-refractivity contribution in [1.29, 1.82) is 0 Å². The van der Waals surface area contributed by atoms with Crippen LogP contribution in [0.5, 0.6) is 0 Å². The molecule has 0 spiro atoms. The first kappa shape index (κ1) is 73.7. The van der Waals surface area contributed by atoms with Crippen LogP contribution in [-0.2, 0) is 32.7 Å². The molecule has 444 valence electrons. The summed E-state index contributed by atoms with van der Waals surface area (Å²) in [5, 5.41) is 0. The van der Waals surface area contributed by atoms with Gasteiger partial charge in [-0.3, -0.25) is 18.6 Å². The molecular weight excluding hydrogens is 966 g/mol. The number of hydrogen-bond acceptors (Lipinski definition) is 8. The van der Waals surface area contributed by atoms with E-state index >= 15 is 0 Å². The van der Waals surface area contributed by atoms with Crippen LogP contribution < -0.4 is 5.73 Å². The minimum Gasteiger partial charge on any atom is -0.462 e. The summed E-state index contributed by atoms with van der Waals surface area (Å²) in [6, 6.07) is 0. The summed E-state index contributed by atoms with van der Waals surface area (Å²) < 4.78 is 33.1. The summed E-state index contributed by atoms with van der Waals surface area (Å²) >= 11 is 0. The third-order valence-corrected chi connectivity index (χ3v) is 15.2. The molecule has 0 aromatic carbocycles. The molecule has 76 heavy (non-hydrogen) atoms. The minimum atomic E-state index is -4.39. The SMILES string of the molecule is CC/C=C\C/C=C\C/C=C\C/C=C\C/C=C\CCCCCCCCCCCCCCCCCCCCCCCC(=O)OC(COC(=O)CCCCCCCCCCCCCCCCCCCC)COP(=O)(O)OCCN. The Hall–Kier alpha value is -2.29. The van der Waals surface area contributed by atoms with Gasteiger partial charge in [-0.05, 0) is 57.8 Å². The van der Waals surface area contributed by atoms with Gasteiger partial charge in [0.05, 0.1) is 13.2 Å². The summed E-state index contributed by atoms with van der Waals surface area (Å²) in [6.07, 6.45) is 78.8. The lowest BCUT2D eigenvalue weighted by molar-refractivity contribution is -0.161. The number of unbranched alkanes of at least 4 members (excludes halogenated alkanes) is 38. The second-order valence-electron chi connectivity index (χ2n) is 21.6. The average molecular weight is 1090 g/mol. The van der Waals surface area contributed by atoms with Crippen LogP contribution in [0, 0.1) is 0 Å². The number of phosphoric acid groups is 1. The van der Waals surface area contributed by atoms with Crippen LogP contribution in [0.15, 0.2) is 60.8 Å². The first-order valence-electron chi connectivity index (χ1n) is 32.3. The van der Waals surface area contributed by atoms with E-state index in [2.05, 4.69) is 74.6 Å². The van der Waals surface area contributed by atoms with Crippen LogP contribution >= 0.6 is 7.82 Å². The van der Waals surface area contributed by atoms with Gasteiger partial charge in [-0.15, -0.1) is 0 Å². The molecule has 0 bridgehead atoms. The Kier molecular flexibility index (Phi) is 60.0. The lowest BCUT2D eigenvalue weighted by Gasteiger charge is -2.19. The number of esters is 2. The zero-order chi connectivity index (χ0) is 55.2. The predicted molar refractivity (Wildman–Crippen MR) is 326 cm³/mol. The number of carbonyl (C=O) groups excluding carboxylic acids is 2. The van der Waals surface area contributed by atoms with E-state index in [-0.39, 0.29) is 38.6 Å². The quantitative estimate of drug-likeness (QED) is 0.0264. The number of phosphoric ester groups is 1. The second kappa shape index (κ2) is 61.9. The van der Waals surface area contributed by atoms with Crippen LogP contribution in [0.2, 0.25) is 0 Å². The largest absolute Gasteiger partial charge is 0.472 e. The predicted octanol–water partition coefficient (Wildman–Crippen LogP) is 20.7. The fourth-order valence-electron chi connectivity index (χ4n) is 9.43. The van der Waals surface area contributed by atoms with E-state index in [1.165, 1.54) is 218 Å². The van der Waals surface area contributed by atoms with E-state index < -0.39 is 26.5 Å². The van der Waals surface area contributed by atoms with E-state index in [9.17, 15) is 19.0 Å². The fourth-order valence-corrected chi connectivity index (χ4v) is 10.2. The van der Waals surface area contributed by atoms with Crippen LogP contribution in [0.4, 0.5) is 0 Å². The van der Waals surface area contributed by atoms with Crippen LogP contribution in [-0.4, -0.2) is 49.3 Å². The highest BCUT2D eigenvalue weighted by Gasteiger charge is 2.26. The average Bonchev–Trinajstić information content (AvgIpc) is 3.41. The number of ether oxygens (including phenoxy) is 2. The maximum absolute atomic E-state index is 12.7. The Morgan fingerprint density at radius 2 is 0.724 bits per heavy atom. The number of carbonyl (C=O) groups is 2. The Morgan fingerprint density at radius 1 is 0.408 bits per heavy atom. The molecule has 0 aromatic rings. The molecule has 0 aromatic heterocycles. The summed E-state index contributed by atoms with van der Waals surface area (Å²) in [4.78, 5) is 35.2. The maximum Gasteiger partial charge on any atom is 0.472 e. The van der Waals surface area contributed by atoms with Crippen molar-refractivity contribution in [2.45, 2.75) is 322 Å². The van der Waals surface area contributed by atoms with Crippen molar-refractivity contribution >= 4 is 19.8 Å². The Balaban J connectivity index is 3.81. The second-order valence-corrected chi connectivity index (χ2v) is 23.1. The Labute approximate surface area is 469 Å². The van der Waals surface area contributed by atoms with Crippen molar-refractivity contribution in [3.63, 3.8) is 0 Å². The maximum atomic E-state index is 12.7. The van der Waals surface area contributed by atoms with Crippen molar-refractivity contribution in [1.82, 2.24) is 0 Å². The van der Waals surface area contributed by atoms with Gasteiger partial charge < -0.3 is 20.1 Å². The van der Waals surface area contributed by atoms with Gasteiger partial charge in [-0.2, -0.15) is 0 Å². The molecule has 10 heteroatoms. The van der Waals surface area contributed by atoms with Crippen LogP contribution in [0.25, 0.3) is 0 Å². The first-order valence-corrected chi connectivity index (χ1v) is 33.8. The van der Waals surface area contributed by atoms with Gasteiger partial charge >= 0.3 is 19.8 Å². The number of rotatable bonds is 61. The van der Waals surface area contributed by atoms with E-state index in [1.54, 1.807) is 0 Å². The van der Waals surface area contributed by atoms with Crippen LogP contribution in [0.1, 0.15) is 316 Å². The molecule has 0 aliphatic carbocycles. The summed E-state index contributed by atoms with van der Waals surface area (Å²) in [5.74, 6) is -0.809. The van der Waals surface area contributed by atoms with E-state index in [0.717, 1.165) is 64.2 Å². The molecule has 3 N–H and O–H groups in total. The van der Waals surface area contributed by atoms with Gasteiger partial charge in [0, 0.05) is 19.4 Å². The van der Waals surface area contributed by atoms with Crippen molar-refractivity contribution in [2.75, 3.05) is 26.4 Å². The smallest absolute Gasteiger partial charge is 0.462 e. The van der Waals surface area contributed by atoms with Crippen molar-refractivity contribution in [2.24, 2.45) is 5.73 Å². The molecule has 2 atom stereocenters. The zero-order valence-corrected chi connectivity index (χ0v) is 50.6. The lowest BCUT2D eigenvalue weighted by atomic mass is 10.0. The third-order valence-electron chi connectivity index (χ3n) is 14.2. The van der Waals surface area contributed by atoms with Crippen molar-refractivity contribution in [3.8, 4) is 0 Å². The number of allylic oxidation sites excluding steroid dienone is 10. The highest BCUT2D eigenvalue weighted by atomic mass is 31.2. The van der Waals surface area contributed by atoms with Crippen molar-refractivity contribution < 1.29 is 37.6 Å². The van der Waals surface area contributed by atoms with Gasteiger partial charge in [0.25, 0.3) is 0 Å².